The van der Waals surface area contributed by atoms with E-state index in [0.717, 1.165) is 24.8 Å². The van der Waals surface area contributed by atoms with E-state index in [0.29, 0.717) is 29.8 Å². The second-order valence-corrected chi connectivity index (χ2v) is 5.49. The maximum absolute atomic E-state index is 11.9. The molecule has 0 aliphatic rings. The van der Waals surface area contributed by atoms with E-state index in [4.69, 9.17) is 23.2 Å². The van der Waals surface area contributed by atoms with Gasteiger partial charge in [0.25, 0.3) is 0 Å². The minimum Gasteiger partial charge on any atom is -0.356 e. The Morgan fingerprint density at radius 3 is 2.68 bits per heavy atom. The van der Waals surface area contributed by atoms with E-state index in [1.165, 1.54) is 0 Å². The molecule has 0 heterocycles. The number of carbonyl (C=O) groups excluding carboxylic acids is 1. The van der Waals surface area contributed by atoms with Gasteiger partial charge in [0.05, 0.1) is 6.42 Å². The highest BCUT2D eigenvalue weighted by Gasteiger charge is 2.10. The van der Waals surface area contributed by atoms with Crippen LogP contribution >= 0.6 is 23.2 Å². The van der Waals surface area contributed by atoms with Crippen molar-refractivity contribution in [3.05, 3.63) is 34.9 Å². The van der Waals surface area contributed by atoms with Crippen molar-refractivity contribution >= 4 is 29.1 Å². The topological polar surface area (TPSA) is 29.1 Å². The van der Waals surface area contributed by atoms with Gasteiger partial charge in [0.15, 0.2) is 0 Å². The first-order valence-electron chi connectivity index (χ1n) is 6.73. The summed E-state index contributed by atoms with van der Waals surface area (Å²) in [6.07, 6.45) is 3.49. The highest BCUT2D eigenvalue weighted by atomic mass is 35.5. The summed E-state index contributed by atoms with van der Waals surface area (Å²) in [6, 6.07) is 7.44. The third-order valence-corrected chi connectivity index (χ3v) is 3.70. The van der Waals surface area contributed by atoms with Gasteiger partial charge >= 0.3 is 0 Å². The molecule has 1 atom stereocenters. The molecular weight excluding hydrogens is 281 g/mol. The molecular formula is C15H21Cl2NO. The number of alkyl halides is 1. The Balaban J connectivity index is 2.40. The van der Waals surface area contributed by atoms with E-state index in [1.807, 2.05) is 18.2 Å². The van der Waals surface area contributed by atoms with Crippen LogP contribution in [0.5, 0.6) is 0 Å². The van der Waals surface area contributed by atoms with Crippen molar-refractivity contribution in [3.63, 3.8) is 0 Å². The molecule has 0 aromatic heterocycles. The summed E-state index contributed by atoms with van der Waals surface area (Å²) >= 11 is 11.8. The summed E-state index contributed by atoms with van der Waals surface area (Å²) in [5, 5.41) is 3.61. The molecule has 1 aromatic rings. The first-order valence-corrected chi connectivity index (χ1v) is 7.64. The van der Waals surface area contributed by atoms with E-state index in [-0.39, 0.29) is 5.91 Å². The van der Waals surface area contributed by atoms with Crippen LogP contribution in [0.2, 0.25) is 5.02 Å². The number of hydrogen-bond acceptors (Lipinski definition) is 1. The largest absolute Gasteiger partial charge is 0.356 e. The smallest absolute Gasteiger partial charge is 0.224 e. The Bertz CT molecular complexity index is 389. The minimum atomic E-state index is 0.0174. The molecule has 4 heteroatoms. The summed E-state index contributed by atoms with van der Waals surface area (Å²) < 4.78 is 0. The SMILES string of the molecule is CCCC(CCCl)CNC(=O)Cc1ccccc1Cl. The normalized spacial score (nSPS) is 12.2. The molecule has 1 amide bonds. The lowest BCUT2D eigenvalue weighted by molar-refractivity contribution is -0.120. The number of amides is 1. The van der Waals surface area contributed by atoms with Crippen LogP contribution in [0.3, 0.4) is 0 Å². The molecule has 1 rings (SSSR count). The standard InChI is InChI=1S/C15H21Cl2NO/c1-2-5-12(8-9-16)11-18-15(19)10-13-6-3-4-7-14(13)17/h3-4,6-7,12H,2,5,8-11H2,1H3,(H,18,19). The Morgan fingerprint density at radius 1 is 1.32 bits per heavy atom. The fourth-order valence-corrected chi connectivity index (χ4v) is 2.56. The van der Waals surface area contributed by atoms with Crippen molar-refractivity contribution in [3.8, 4) is 0 Å². The Morgan fingerprint density at radius 2 is 2.05 bits per heavy atom. The number of carbonyl (C=O) groups is 1. The third kappa shape index (κ3) is 6.31. The average molecular weight is 302 g/mol. The van der Waals surface area contributed by atoms with E-state index < -0.39 is 0 Å². The minimum absolute atomic E-state index is 0.0174. The lowest BCUT2D eigenvalue weighted by Crippen LogP contribution is -2.30. The lowest BCUT2D eigenvalue weighted by Gasteiger charge is -2.15. The van der Waals surface area contributed by atoms with Gasteiger partial charge in [-0.15, -0.1) is 11.6 Å². The molecule has 0 aliphatic carbocycles. The van der Waals surface area contributed by atoms with Crippen molar-refractivity contribution < 1.29 is 4.79 Å². The van der Waals surface area contributed by atoms with Gasteiger partial charge in [-0.05, 0) is 30.4 Å². The number of benzene rings is 1. The first-order chi connectivity index (χ1) is 9.17. The van der Waals surface area contributed by atoms with E-state index in [9.17, 15) is 4.79 Å². The van der Waals surface area contributed by atoms with Crippen molar-refractivity contribution in [1.82, 2.24) is 5.32 Å². The van der Waals surface area contributed by atoms with Gasteiger partial charge in [-0.3, -0.25) is 4.79 Å². The van der Waals surface area contributed by atoms with Gasteiger partial charge < -0.3 is 5.32 Å². The number of hydrogen-bond donors (Lipinski definition) is 1. The predicted molar refractivity (Wildman–Crippen MR) is 81.9 cm³/mol. The third-order valence-electron chi connectivity index (χ3n) is 3.11. The highest BCUT2D eigenvalue weighted by Crippen LogP contribution is 2.15. The van der Waals surface area contributed by atoms with Crippen LogP contribution in [0, 0.1) is 5.92 Å². The van der Waals surface area contributed by atoms with Gasteiger partial charge in [-0.25, -0.2) is 0 Å². The second-order valence-electron chi connectivity index (χ2n) is 4.70. The lowest BCUT2D eigenvalue weighted by atomic mass is 10.0. The Kier molecular flexibility index (Phi) is 7.92. The van der Waals surface area contributed by atoms with Crippen molar-refractivity contribution in [1.29, 1.82) is 0 Å². The van der Waals surface area contributed by atoms with Crippen molar-refractivity contribution in [2.75, 3.05) is 12.4 Å². The second kappa shape index (κ2) is 9.22. The summed E-state index contributed by atoms with van der Waals surface area (Å²) in [7, 11) is 0. The molecule has 0 aliphatic heterocycles. The zero-order valence-electron chi connectivity index (χ0n) is 11.3. The molecule has 0 spiro atoms. The van der Waals surface area contributed by atoms with Crippen LogP contribution in [0.1, 0.15) is 31.7 Å². The van der Waals surface area contributed by atoms with Crippen LogP contribution in [-0.4, -0.2) is 18.3 Å². The Hall–Kier alpha value is -0.730. The van der Waals surface area contributed by atoms with Gasteiger partial charge in [-0.2, -0.15) is 0 Å². The molecule has 1 N–H and O–H groups in total. The monoisotopic (exact) mass is 301 g/mol. The van der Waals surface area contributed by atoms with Crippen molar-refractivity contribution in [2.24, 2.45) is 5.92 Å². The van der Waals surface area contributed by atoms with Crippen LogP contribution < -0.4 is 5.32 Å². The maximum Gasteiger partial charge on any atom is 0.224 e. The van der Waals surface area contributed by atoms with Gasteiger partial charge in [0.2, 0.25) is 5.91 Å². The molecule has 0 saturated heterocycles. The molecule has 0 saturated carbocycles. The molecule has 1 unspecified atom stereocenters. The Labute approximate surface area is 125 Å². The summed E-state index contributed by atoms with van der Waals surface area (Å²) in [4.78, 5) is 11.9. The molecule has 106 valence electrons. The predicted octanol–water partition coefficient (Wildman–Crippen LogP) is 4.04. The number of halogens is 2. The van der Waals surface area contributed by atoms with E-state index in [1.54, 1.807) is 6.07 Å². The molecule has 19 heavy (non-hydrogen) atoms. The zero-order chi connectivity index (χ0) is 14.1. The van der Waals surface area contributed by atoms with Crippen LogP contribution in [-0.2, 0) is 11.2 Å². The van der Waals surface area contributed by atoms with Crippen LogP contribution in [0.25, 0.3) is 0 Å². The van der Waals surface area contributed by atoms with Crippen molar-refractivity contribution in [2.45, 2.75) is 32.6 Å². The van der Waals surface area contributed by atoms with E-state index >= 15 is 0 Å². The number of rotatable bonds is 8. The molecule has 0 fully saturated rings. The van der Waals surface area contributed by atoms with Gasteiger partial charge in [0.1, 0.15) is 0 Å². The summed E-state index contributed by atoms with van der Waals surface area (Å²) in [5.74, 6) is 1.13. The number of nitrogens with one attached hydrogen (secondary N) is 1. The zero-order valence-corrected chi connectivity index (χ0v) is 12.8. The first kappa shape index (κ1) is 16.3. The van der Waals surface area contributed by atoms with Gasteiger partial charge in [0, 0.05) is 17.4 Å². The average Bonchev–Trinajstić information content (AvgIpc) is 2.39. The molecule has 0 bridgehead atoms. The summed E-state index contributed by atoms with van der Waals surface area (Å²) in [6.45, 7) is 2.84. The molecule has 1 aromatic carbocycles. The van der Waals surface area contributed by atoms with Crippen LogP contribution in [0.15, 0.2) is 24.3 Å². The van der Waals surface area contributed by atoms with E-state index in [2.05, 4.69) is 12.2 Å². The highest BCUT2D eigenvalue weighted by molar-refractivity contribution is 6.31. The fourth-order valence-electron chi connectivity index (χ4n) is 2.05. The van der Waals surface area contributed by atoms with Crippen LogP contribution in [0.4, 0.5) is 0 Å². The molecule has 0 radical (unpaired) electrons. The van der Waals surface area contributed by atoms with Gasteiger partial charge in [-0.1, -0.05) is 43.1 Å². The maximum atomic E-state index is 11.9. The summed E-state index contributed by atoms with van der Waals surface area (Å²) in [5.41, 5.74) is 0.867. The fraction of sp³-hybridized carbons (Fsp3) is 0.533. The molecule has 2 nitrogen and oxygen atoms in total. The quantitative estimate of drug-likeness (QED) is 0.721.